The second-order valence-corrected chi connectivity index (χ2v) is 5.48. The van der Waals surface area contributed by atoms with Crippen molar-refractivity contribution >= 4 is 5.91 Å². The van der Waals surface area contributed by atoms with E-state index >= 15 is 0 Å². The molecule has 1 aliphatic heterocycles. The number of halogens is 2. The molecule has 0 spiro atoms. The van der Waals surface area contributed by atoms with Gasteiger partial charge in [-0.1, -0.05) is 24.6 Å². The van der Waals surface area contributed by atoms with Crippen LogP contribution in [0.3, 0.4) is 0 Å². The molecule has 0 bridgehead atoms. The minimum atomic E-state index is -3.88. The molecule has 1 amide bonds. The van der Waals surface area contributed by atoms with Crippen molar-refractivity contribution in [2.45, 2.75) is 32.4 Å². The summed E-state index contributed by atoms with van der Waals surface area (Å²) in [7, 11) is 0. The summed E-state index contributed by atoms with van der Waals surface area (Å²) in [4.78, 5) is 11.7. The number of aryl methyl sites for hydroxylation is 1. The van der Waals surface area contributed by atoms with Crippen LogP contribution in [0.2, 0.25) is 0 Å². The Morgan fingerprint density at radius 2 is 2.05 bits per heavy atom. The molecule has 6 heteroatoms. The van der Waals surface area contributed by atoms with E-state index in [2.05, 4.69) is 15.4 Å². The minimum Gasteiger partial charge on any atom is -0.425 e. The SMILES string of the molecule is Cc1ccc(OC(F)(F)C(=O)N[C@H]2CCNC[C@@H]2C)cc1. The van der Waals surface area contributed by atoms with Crippen LogP contribution in [-0.2, 0) is 4.79 Å². The van der Waals surface area contributed by atoms with Gasteiger partial charge in [-0.25, -0.2) is 0 Å². The topological polar surface area (TPSA) is 50.4 Å². The van der Waals surface area contributed by atoms with Gasteiger partial charge in [0.15, 0.2) is 0 Å². The summed E-state index contributed by atoms with van der Waals surface area (Å²) >= 11 is 0. The first-order valence-corrected chi connectivity index (χ1v) is 7.03. The van der Waals surface area contributed by atoms with E-state index in [9.17, 15) is 13.6 Å². The Balaban J connectivity index is 1.97. The lowest BCUT2D eigenvalue weighted by molar-refractivity contribution is -0.194. The van der Waals surface area contributed by atoms with Crippen LogP contribution in [0.4, 0.5) is 8.78 Å². The summed E-state index contributed by atoms with van der Waals surface area (Å²) in [5, 5.41) is 5.54. The number of benzene rings is 1. The van der Waals surface area contributed by atoms with Gasteiger partial charge in [0.2, 0.25) is 0 Å². The highest BCUT2D eigenvalue weighted by Crippen LogP contribution is 2.23. The lowest BCUT2D eigenvalue weighted by Crippen LogP contribution is -2.54. The molecular formula is C15H20F2N2O2. The van der Waals surface area contributed by atoms with E-state index in [4.69, 9.17) is 0 Å². The van der Waals surface area contributed by atoms with Gasteiger partial charge in [-0.15, -0.1) is 0 Å². The Bertz CT molecular complexity index is 491. The maximum Gasteiger partial charge on any atom is 0.482 e. The predicted molar refractivity (Wildman–Crippen MR) is 75.3 cm³/mol. The van der Waals surface area contributed by atoms with Crippen LogP contribution in [0, 0.1) is 12.8 Å². The molecule has 4 nitrogen and oxygen atoms in total. The summed E-state index contributed by atoms with van der Waals surface area (Å²) in [6.45, 7) is 5.16. The second-order valence-electron chi connectivity index (χ2n) is 5.48. The number of rotatable bonds is 4. The number of hydrogen-bond acceptors (Lipinski definition) is 3. The molecule has 1 aliphatic rings. The van der Waals surface area contributed by atoms with Gasteiger partial charge in [0.25, 0.3) is 0 Å². The maximum absolute atomic E-state index is 13.8. The average molecular weight is 298 g/mol. The van der Waals surface area contributed by atoms with E-state index in [1.807, 2.05) is 13.8 Å². The van der Waals surface area contributed by atoms with Crippen molar-refractivity contribution < 1.29 is 18.3 Å². The van der Waals surface area contributed by atoms with Crippen LogP contribution >= 0.6 is 0 Å². The number of carbonyl (C=O) groups excluding carboxylic acids is 1. The Morgan fingerprint density at radius 3 is 2.67 bits per heavy atom. The lowest BCUT2D eigenvalue weighted by atomic mass is 9.95. The Labute approximate surface area is 122 Å². The summed E-state index contributed by atoms with van der Waals surface area (Å²) in [6, 6.07) is 5.88. The summed E-state index contributed by atoms with van der Waals surface area (Å²) < 4.78 is 32.2. The van der Waals surface area contributed by atoms with Crippen molar-refractivity contribution in [3.63, 3.8) is 0 Å². The number of ether oxygens (including phenoxy) is 1. The molecule has 0 saturated carbocycles. The van der Waals surface area contributed by atoms with Crippen molar-refractivity contribution in [3.05, 3.63) is 29.8 Å². The largest absolute Gasteiger partial charge is 0.482 e. The summed E-state index contributed by atoms with van der Waals surface area (Å²) in [6.07, 6.45) is -3.24. The zero-order valence-electron chi connectivity index (χ0n) is 12.2. The number of amides is 1. The van der Waals surface area contributed by atoms with Gasteiger partial charge in [-0.3, -0.25) is 4.79 Å². The highest BCUT2D eigenvalue weighted by atomic mass is 19.3. The smallest absolute Gasteiger partial charge is 0.425 e. The fourth-order valence-corrected chi connectivity index (χ4v) is 2.28. The zero-order valence-corrected chi connectivity index (χ0v) is 12.2. The van der Waals surface area contributed by atoms with E-state index in [1.54, 1.807) is 12.1 Å². The normalized spacial score (nSPS) is 22.7. The summed E-state index contributed by atoms with van der Waals surface area (Å²) in [5.74, 6) is -1.31. The van der Waals surface area contributed by atoms with E-state index < -0.39 is 12.0 Å². The van der Waals surface area contributed by atoms with Crippen molar-refractivity contribution in [3.8, 4) is 5.75 Å². The quantitative estimate of drug-likeness (QED) is 0.895. The van der Waals surface area contributed by atoms with E-state index in [0.717, 1.165) is 5.56 Å². The van der Waals surface area contributed by atoms with Crippen LogP contribution in [0.15, 0.2) is 24.3 Å². The first kappa shape index (κ1) is 15.7. The minimum absolute atomic E-state index is 0.0286. The second kappa shape index (κ2) is 6.39. The number of alkyl halides is 2. The Morgan fingerprint density at radius 1 is 1.38 bits per heavy atom. The lowest BCUT2D eigenvalue weighted by Gasteiger charge is -2.31. The van der Waals surface area contributed by atoms with Crippen molar-refractivity contribution in [1.82, 2.24) is 10.6 Å². The van der Waals surface area contributed by atoms with Crippen molar-refractivity contribution in [1.29, 1.82) is 0 Å². The standard InChI is InChI=1S/C15H20F2N2O2/c1-10-3-5-12(6-4-10)21-15(16,17)14(20)19-13-7-8-18-9-11(13)2/h3-6,11,13,18H,7-9H2,1-2H3,(H,19,20)/t11-,13-/m0/s1. The van der Waals surface area contributed by atoms with Crippen LogP contribution < -0.4 is 15.4 Å². The highest BCUT2D eigenvalue weighted by molar-refractivity contribution is 5.82. The van der Waals surface area contributed by atoms with Gasteiger partial charge in [-0.05, 0) is 44.5 Å². The Kier molecular flexibility index (Phi) is 4.77. The average Bonchev–Trinajstić information content (AvgIpc) is 2.43. The third-order valence-corrected chi connectivity index (χ3v) is 3.63. The van der Waals surface area contributed by atoms with E-state index in [1.165, 1.54) is 12.1 Å². The maximum atomic E-state index is 13.8. The third-order valence-electron chi connectivity index (χ3n) is 3.63. The van der Waals surface area contributed by atoms with Gasteiger partial charge in [0.1, 0.15) is 5.75 Å². The van der Waals surface area contributed by atoms with Crippen molar-refractivity contribution in [2.24, 2.45) is 5.92 Å². The fourth-order valence-electron chi connectivity index (χ4n) is 2.28. The Hall–Kier alpha value is -1.69. The molecule has 0 aliphatic carbocycles. The van der Waals surface area contributed by atoms with Gasteiger partial charge in [0.05, 0.1) is 0 Å². The third kappa shape index (κ3) is 4.14. The molecule has 0 aromatic heterocycles. The molecular weight excluding hydrogens is 278 g/mol. The summed E-state index contributed by atoms with van der Waals surface area (Å²) in [5.41, 5.74) is 0.929. The molecule has 1 aromatic carbocycles. The van der Waals surface area contributed by atoms with Gasteiger partial charge >= 0.3 is 12.0 Å². The van der Waals surface area contributed by atoms with E-state index in [0.29, 0.717) is 19.5 Å². The molecule has 2 atom stereocenters. The predicted octanol–water partition coefficient (Wildman–Crippen LogP) is 2.08. The van der Waals surface area contributed by atoms with E-state index in [-0.39, 0.29) is 17.7 Å². The monoisotopic (exact) mass is 298 g/mol. The molecule has 0 unspecified atom stereocenters. The molecule has 2 N–H and O–H groups in total. The number of nitrogens with one attached hydrogen (secondary N) is 2. The zero-order chi connectivity index (χ0) is 15.5. The van der Waals surface area contributed by atoms with Crippen LogP contribution in [0.25, 0.3) is 0 Å². The number of hydrogen-bond donors (Lipinski definition) is 2. The van der Waals surface area contributed by atoms with Gasteiger partial charge < -0.3 is 15.4 Å². The molecule has 116 valence electrons. The van der Waals surface area contributed by atoms with Gasteiger partial charge in [0, 0.05) is 6.04 Å². The molecule has 1 heterocycles. The fraction of sp³-hybridized carbons (Fsp3) is 0.533. The van der Waals surface area contributed by atoms with Crippen LogP contribution in [0.5, 0.6) is 5.75 Å². The molecule has 21 heavy (non-hydrogen) atoms. The molecule has 1 saturated heterocycles. The molecule has 1 fully saturated rings. The van der Waals surface area contributed by atoms with Gasteiger partial charge in [-0.2, -0.15) is 8.78 Å². The van der Waals surface area contributed by atoms with Crippen molar-refractivity contribution in [2.75, 3.05) is 13.1 Å². The molecule has 0 radical (unpaired) electrons. The first-order chi connectivity index (χ1) is 9.88. The first-order valence-electron chi connectivity index (χ1n) is 7.03. The molecule has 2 rings (SSSR count). The van der Waals surface area contributed by atoms with Crippen LogP contribution in [-0.4, -0.2) is 31.1 Å². The van der Waals surface area contributed by atoms with Crippen LogP contribution in [0.1, 0.15) is 18.9 Å². The number of piperidine rings is 1. The molecule has 1 aromatic rings. The highest BCUT2D eigenvalue weighted by Gasteiger charge is 2.43. The number of carbonyl (C=O) groups is 1.